The van der Waals surface area contributed by atoms with Crippen LogP contribution in [-0.4, -0.2) is 12.2 Å². The largest absolute Gasteiger partial charge is 0.346 e. The van der Waals surface area contributed by atoms with Gasteiger partial charge in [-0.15, -0.1) is 23.4 Å². The third-order valence-electron chi connectivity index (χ3n) is 3.33. The number of thioether (sulfide) groups is 1. The van der Waals surface area contributed by atoms with Gasteiger partial charge in [0.05, 0.1) is 6.04 Å². The Kier molecular flexibility index (Phi) is 5.71. The first-order valence-corrected chi connectivity index (χ1v) is 8.49. The lowest BCUT2D eigenvalue weighted by molar-refractivity contribution is 0.0940. The van der Waals surface area contributed by atoms with Gasteiger partial charge < -0.3 is 5.32 Å². The van der Waals surface area contributed by atoms with E-state index in [9.17, 15) is 4.79 Å². The molecular formula is C17H18ClNOS. The average molecular weight is 320 g/mol. The maximum Gasteiger partial charge on any atom is 0.251 e. The fraction of sp³-hybridized carbons (Fsp3) is 0.235. The minimum absolute atomic E-state index is 0.0268. The van der Waals surface area contributed by atoms with Gasteiger partial charge in [0.25, 0.3) is 5.91 Å². The Morgan fingerprint density at radius 3 is 2.29 bits per heavy atom. The second-order valence-electron chi connectivity index (χ2n) is 4.80. The van der Waals surface area contributed by atoms with Crippen LogP contribution in [0, 0.1) is 0 Å². The van der Waals surface area contributed by atoms with Crippen molar-refractivity contribution in [3.63, 3.8) is 0 Å². The molecule has 0 aromatic heterocycles. The highest BCUT2D eigenvalue weighted by atomic mass is 35.5. The van der Waals surface area contributed by atoms with Crippen LogP contribution in [-0.2, 0) is 5.88 Å². The standard InChI is InChI=1S/C17H18ClNOS/c1-12(14-7-9-16(21-2)10-8-14)19-17(20)15-5-3-13(11-18)4-6-15/h3-10,12H,11H2,1-2H3,(H,19,20). The number of rotatable bonds is 5. The maximum absolute atomic E-state index is 12.2. The van der Waals surface area contributed by atoms with Crippen LogP contribution in [0.1, 0.15) is 34.5 Å². The molecule has 2 aromatic carbocycles. The Hall–Kier alpha value is -1.45. The van der Waals surface area contributed by atoms with E-state index in [0.717, 1.165) is 11.1 Å². The lowest BCUT2D eigenvalue weighted by Crippen LogP contribution is -2.26. The summed E-state index contributed by atoms with van der Waals surface area (Å²) in [6, 6.07) is 15.6. The van der Waals surface area contributed by atoms with Crippen molar-refractivity contribution in [1.29, 1.82) is 0 Å². The van der Waals surface area contributed by atoms with Crippen molar-refractivity contribution in [3.05, 3.63) is 65.2 Å². The number of carbonyl (C=O) groups excluding carboxylic acids is 1. The molecule has 110 valence electrons. The Labute approximate surface area is 134 Å². The number of hydrogen-bond acceptors (Lipinski definition) is 2. The molecule has 1 N–H and O–H groups in total. The second kappa shape index (κ2) is 7.53. The third kappa shape index (κ3) is 4.26. The van der Waals surface area contributed by atoms with Crippen LogP contribution in [0.5, 0.6) is 0 Å². The van der Waals surface area contributed by atoms with Crippen molar-refractivity contribution in [3.8, 4) is 0 Å². The van der Waals surface area contributed by atoms with Crippen LogP contribution in [0.3, 0.4) is 0 Å². The molecule has 0 bridgehead atoms. The molecule has 0 fully saturated rings. The molecule has 1 atom stereocenters. The summed E-state index contributed by atoms with van der Waals surface area (Å²) in [5, 5.41) is 3.01. The van der Waals surface area contributed by atoms with Crippen LogP contribution in [0.2, 0.25) is 0 Å². The van der Waals surface area contributed by atoms with Gasteiger partial charge in [0.15, 0.2) is 0 Å². The van der Waals surface area contributed by atoms with E-state index in [1.54, 1.807) is 23.9 Å². The average Bonchev–Trinajstić information content (AvgIpc) is 2.55. The number of hydrogen-bond donors (Lipinski definition) is 1. The van der Waals surface area contributed by atoms with Crippen molar-refractivity contribution < 1.29 is 4.79 Å². The van der Waals surface area contributed by atoms with Crippen molar-refractivity contribution in [2.45, 2.75) is 23.7 Å². The van der Waals surface area contributed by atoms with E-state index >= 15 is 0 Å². The maximum atomic E-state index is 12.2. The Balaban J connectivity index is 2.03. The zero-order chi connectivity index (χ0) is 15.2. The number of carbonyl (C=O) groups is 1. The molecule has 0 aliphatic rings. The van der Waals surface area contributed by atoms with Gasteiger partial charge in [0.1, 0.15) is 0 Å². The Morgan fingerprint density at radius 2 is 1.76 bits per heavy atom. The summed E-state index contributed by atoms with van der Waals surface area (Å²) in [5.41, 5.74) is 2.75. The highest BCUT2D eigenvalue weighted by molar-refractivity contribution is 7.98. The Morgan fingerprint density at radius 1 is 1.14 bits per heavy atom. The highest BCUT2D eigenvalue weighted by Gasteiger charge is 2.11. The number of halogens is 1. The first-order valence-electron chi connectivity index (χ1n) is 6.73. The monoisotopic (exact) mass is 319 g/mol. The highest BCUT2D eigenvalue weighted by Crippen LogP contribution is 2.19. The fourth-order valence-corrected chi connectivity index (χ4v) is 2.59. The van der Waals surface area contributed by atoms with Gasteiger partial charge in [-0.3, -0.25) is 4.79 Å². The van der Waals surface area contributed by atoms with E-state index in [-0.39, 0.29) is 11.9 Å². The molecule has 0 saturated heterocycles. The zero-order valence-electron chi connectivity index (χ0n) is 12.1. The van der Waals surface area contributed by atoms with E-state index in [4.69, 9.17) is 11.6 Å². The fourth-order valence-electron chi connectivity index (χ4n) is 2.00. The normalized spacial score (nSPS) is 12.0. The molecule has 1 amide bonds. The van der Waals surface area contributed by atoms with Crippen LogP contribution < -0.4 is 5.32 Å². The van der Waals surface area contributed by atoms with Crippen molar-refractivity contribution in [1.82, 2.24) is 5.32 Å². The zero-order valence-corrected chi connectivity index (χ0v) is 13.7. The molecule has 0 radical (unpaired) electrons. The molecule has 4 heteroatoms. The summed E-state index contributed by atoms with van der Waals surface area (Å²) in [4.78, 5) is 13.4. The summed E-state index contributed by atoms with van der Waals surface area (Å²) < 4.78 is 0. The van der Waals surface area contributed by atoms with Crippen LogP contribution in [0.25, 0.3) is 0 Å². The predicted octanol–water partition coefficient (Wildman–Crippen LogP) is 4.64. The summed E-state index contributed by atoms with van der Waals surface area (Å²) in [6.45, 7) is 1.99. The van der Waals surface area contributed by atoms with Crippen molar-refractivity contribution in [2.75, 3.05) is 6.26 Å². The first-order chi connectivity index (χ1) is 10.1. The summed E-state index contributed by atoms with van der Waals surface area (Å²) in [5.74, 6) is 0.387. The molecule has 21 heavy (non-hydrogen) atoms. The summed E-state index contributed by atoms with van der Waals surface area (Å²) in [6.07, 6.45) is 2.05. The number of amides is 1. The van der Waals surface area contributed by atoms with Gasteiger partial charge in [0, 0.05) is 16.3 Å². The lowest BCUT2D eigenvalue weighted by atomic mass is 10.1. The van der Waals surface area contributed by atoms with E-state index in [2.05, 4.69) is 17.4 Å². The molecule has 2 rings (SSSR count). The van der Waals surface area contributed by atoms with Gasteiger partial charge in [0.2, 0.25) is 0 Å². The molecule has 0 aliphatic carbocycles. The Bertz CT molecular complexity index is 595. The number of benzene rings is 2. The quantitative estimate of drug-likeness (QED) is 0.642. The van der Waals surface area contributed by atoms with Crippen LogP contribution in [0.15, 0.2) is 53.4 Å². The van der Waals surface area contributed by atoms with Gasteiger partial charge >= 0.3 is 0 Å². The van der Waals surface area contributed by atoms with Gasteiger partial charge in [-0.25, -0.2) is 0 Å². The first kappa shape index (κ1) is 15.9. The minimum atomic E-state index is -0.0717. The molecule has 2 nitrogen and oxygen atoms in total. The van der Waals surface area contributed by atoms with Crippen molar-refractivity contribution in [2.24, 2.45) is 0 Å². The molecule has 0 saturated carbocycles. The number of alkyl halides is 1. The lowest BCUT2D eigenvalue weighted by Gasteiger charge is -2.15. The minimum Gasteiger partial charge on any atom is -0.346 e. The van der Waals surface area contributed by atoms with E-state index < -0.39 is 0 Å². The molecule has 0 spiro atoms. The smallest absolute Gasteiger partial charge is 0.251 e. The number of nitrogens with one attached hydrogen (secondary N) is 1. The van der Waals surface area contributed by atoms with E-state index in [0.29, 0.717) is 11.4 Å². The molecule has 0 heterocycles. The van der Waals surface area contributed by atoms with Crippen molar-refractivity contribution >= 4 is 29.3 Å². The molecule has 0 aliphatic heterocycles. The predicted molar refractivity (Wildman–Crippen MR) is 90.1 cm³/mol. The van der Waals surface area contributed by atoms with Crippen LogP contribution in [0.4, 0.5) is 0 Å². The molecular weight excluding hydrogens is 302 g/mol. The van der Waals surface area contributed by atoms with E-state index in [1.165, 1.54) is 4.90 Å². The van der Waals surface area contributed by atoms with Crippen LogP contribution >= 0.6 is 23.4 Å². The van der Waals surface area contributed by atoms with Gasteiger partial charge in [-0.05, 0) is 48.6 Å². The third-order valence-corrected chi connectivity index (χ3v) is 4.39. The van der Waals surface area contributed by atoms with Gasteiger partial charge in [-0.2, -0.15) is 0 Å². The second-order valence-corrected chi connectivity index (χ2v) is 5.95. The molecule has 2 aromatic rings. The SMILES string of the molecule is CSc1ccc(C(C)NC(=O)c2ccc(CCl)cc2)cc1. The van der Waals surface area contributed by atoms with Gasteiger partial charge in [-0.1, -0.05) is 24.3 Å². The van der Waals surface area contributed by atoms with E-state index in [1.807, 2.05) is 37.4 Å². The topological polar surface area (TPSA) is 29.1 Å². The summed E-state index contributed by atoms with van der Waals surface area (Å²) >= 11 is 7.45. The molecule has 1 unspecified atom stereocenters. The summed E-state index contributed by atoms with van der Waals surface area (Å²) in [7, 11) is 0.